The molecule has 0 unspecified atom stereocenters. The van der Waals surface area contributed by atoms with Crippen molar-refractivity contribution in [1.82, 2.24) is 5.32 Å². The Labute approximate surface area is 109 Å². The Morgan fingerprint density at radius 1 is 1.42 bits per heavy atom. The molecular formula is C13H15F2NO3. The fourth-order valence-electron chi connectivity index (χ4n) is 2.09. The molecule has 1 aliphatic carbocycles. The zero-order valence-corrected chi connectivity index (χ0v) is 10.2. The summed E-state index contributed by atoms with van der Waals surface area (Å²) in [5, 5.41) is 12.0. The number of aliphatic hydroxyl groups is 1. The van der Waals surface area contributed by atoms with Crippen LogP contribution in [0.5, 0.6) is 5.75 Å². The number of carbonyl (C=O) groups is 1. The molecule has 6 heteroatoms. The summed E-state index contributed by atoms with van der Waals surface area (Å²) in [5.41, 5.74) is -0.572. The van der Waals surface area contributed by atoms with E-state index in [2.05, 4.69) is 10.1 Å². The molecule has 0 spiro atoms. The Balaban J connectivity index is 2.14. The Morgan fingerprint density at radius 3 is 2.63 bits per heavy atom. The summed E-state index contributed by atoms with van der Waals surface area (Å²) in [5.74, 6) is -0.674. The summed E-state index contributed by atoms with van der Waals surface area (Å²) in [6.07, 6.45) is 2.30. The molecule has 0 radical (unpaired) electrons. The first kappa shape index (κ1) is 13.7. The topological polar surface area (TPSA) is 58.6 Å². The number of para-hydroxylation sites is 1. The van der Waals surface area contributed by atoms with Crippen molar-refractivity contribution in [3.05, 3.63) is 29.8 Å². The molecule has 2 rings (SSSR count). The van der Waals surface area contributed by atoms with Crippen molar-refractivity contribution < 1.29 is 23.4 Å². The maximum absolute atomic E-state index is 12.3. The molecular weight excluding hydrogens is 256 g/mol. The second-order valence-electron chi connectivity index (χ2n) is 4.62. The number of aliphatic hydroxyl groups excluding tert-OH is 1. The van der Waals surface area contributed by atoms with Gasteiger partial charge in [-0.15, -0.1) is 0 Å². The van der Waals surface area contributed by atoms with Crippen LogP contribution in [0.1, 0.15) is 29.6 Å². The number of carbonyl (C=O) groups excluding carboxylic acids is 1. The Bertz CT molecular complexity index is 455. The molecule has 0 atom stereocenters. The largest absolute Gasteiger partial charge is 0.434 e. The number of halogens is 2. The molecule has 0 aromatic heterocycles. The lowest BCUT2D eigenvalue weighted by atomic mass is 9.77. The molecule has 1 amide bonds. The Kier molecular flexibility index (Phi) is 3.99. The lowest BCUT2D eigenvalue weighted by molar-refractivity contribution is -0.0502. The number of hydrogen-bond donors (Lipinski definition) is 2. The number of nitrogens with one attached hydrogen (secondary N) is 1. The van der Waals surface area contributed by atoms with Crippen LogP contribution < -0.4 is 10.1 Å². The van der Waals surface area contributed by atoms with Crippen molar-refractivity contribution in [1.29, 1.82) is 0 Å². The van der Waals surface area contributed by atoms with Crippen molar-refractivity contribution in [3.8, 4) is 5.75 Å². The highest BCUT2D eigenvalue weighted by molar-refractivity contribution is 5.97. The van der Waals surface area contributed by atoms with Crippen LogP contribution in [0.2, 0.25) is 0 Å². The first-order valence-corrected chi connectivity index (χ1v) is 6.03. The van der Waals surface area contributed by atoms with Crippen molar-refractivity contribution in [2.45, 2.75) is 31.4 Å². The van der Waals surface area contributed by atoms with Gasteiger partial charge in [0.05, 0.1) is 17.7 Å². The number of ether oxygens (including phenoxy) is 1. The van der Waals surface area contributed by atoms with Gasteiger partial charge in [-0.25, -0.2) is 0 Å². The van der Waals surface area contributed by atoms with Crippen molar-refractivity contribution in [2.24, 2.45) is 0 Å². The maximum Gasteiger partial charge on any atom is 0.387 e. The fourth-order valence-corrected chi connectivity index (χ4v) is 2.09. The molecule has 104 valence electrons. The van der Waals surface area contributed by atoms with E-state index in [4.69, 9.17) is 0 Å². The number of hydrogen-bond acceptors (Lipinski definition) is 3. The number of amides is 1. The van der Waals surface area contributed by atoms with E-state index in [-0.39, 0.29) is 17.9 Å². The van der Waals surface area contributed by atoms with E-state index < -0.39 is 18.1 Å². The average molecular weight is 271 g/mol. The maximum atomic E-state index is 12.3. The van der Waals surface area contributed by atoms with Gasteiger partial charge in [-0.05, 0) is 31.4 Å². The summed E-state index contributed by atoms with van der Waals surface area (Å²) in [4.78, 5) is 12.1. The second kappa shape index (κ2) is 5.52. The highest BCUT2D eigenvalue weighted by Crippen LogP contribution is 2.32. The monoisotopic (exact) mass is 271 g/mol. The number of alkyl halides is 2. The van der Waals surface area contributed by atoms with Crippen LogP contribution in [-0.2, 0) is 0 Å². The van der Waals surface area contributed by atoms with E-state index in [0.717, 1.165) is 6.42 Å². The number of benzene rings is 1. The molecule has 1 aromatic carbocycles. The van der Waals surface area contributed by atoms with Gasteiger partial charge in [-0.3, -0.25) is 4.79 Å². The lowest BCUT2D eigenvalue weighted by Gasteiger charge is -2.41. The van der Waals surface area contributed by atoms with Crippen LogP contribution >= 0.6 is 0 Å². The highest BCUT2D eigenvalue weighted by Gasteiger charge is 2.38. The van der Waals surface area contributed by atoms with Gasteiger partial charge in [0.25, 0.3) is 5.91 Å². The predicted octanol–water partition coefficient (Wildman–Crippen LogP) is 1.93. The van der Waals surface area contributed by atoms with Gasteiger partial charge >= 0.3 is 6.61 Å². The van der Waals surface area contributed by atoms with Crippen LogP contribution in [0.25, 0.3) is 0 Å². The quantitative estimate of drug-likeness (QED) is 0.860. The number of rotatable bonds is 5. The Hall–Kier alpha value is -1.69. The van der Waals surface area contributed by atoms with Gasteiger partial charge in [0.2, 0.25) is 0 Å². The molecule has 1 saturated carbocycles. The normalized spacial score (nSPS) is 16.8. The zero-order valence-electron chi connectivity index (χ0n) is 10.2. The first-order chi connectivity index (χ1) is 9.06. The average Bonchev–Trinajstić information content (AvgIpc) is 2.33. The summed E-state index contributed by atoms with van der Waals surface area (Å²) < 4.78 is 28.8. The first-order valence-electron chi connectivity index (χ1n) is 6.03. The van der Waals surface area contributed by atoms with Gasteiger partial charge in [-0.1, -0.05) is 12.1 Å². The molecule has 0 saturated heterocycles. The van der Waals surface area contributed by atoms with E-state index >= 15 is 0 Å². The third-order valence-electron chi connectivity index (χ3n) is 3.34. The summed E-state index contributed by atoms with van der Waals surface area (Å²) >= 11 is 0. The summed E-state index contributed by atoms with van der Waals surface area (Å²) in [7, 11) is 0. The van der Waals surface area contributed by atoms with E-state index in [0.29, 0.717) is 12.8 Å². The predicted molar refractivity (Wildman–Crippen MR) is 64.2 cm³/mol. The molecule has 2 N–H and O–H groups in total. The van der Waals surface area contributed by atoms with Crippen molar-refractivity contribution in [2.75, 3.05) is 6.61 Å². The molecule has 0 bridgehead atoms. The third-order valence-corrected chi connectivity index (χ3v) is 3.34. The van der Waals surface area contributed by atoms with Crippen LogP contribution in [0.3, 0.4) is 0 Å². The van der Waals surface area contributed by atoms with E-state index in [1.165, 1.54) is 18.2 Å². The van der Waals surface area contributed by atoms with Gasteiger partial charge in [-0.2, -0.15) is 8.78 Å². The van der Waals surface area contributed by atoms with Gasteiger partial charge in [0.15, 0.2) is 0 Å². The van der Waals surface area contributed by atoms with Crippen LogP contribution in [0.15, 0.2) is 24.3 Å². The fraction of sp³-hybridized carbons (Fsp3) is 0.462. The van der Waals surface area contributed by atoms with Crippen molar-refractivity contribution >= 4 is 5.91 Å². The highest BCUT2D eigenvalue weighted by atomic mass is 19.3. The zero-order chi connectivity index (χ0) is 13.9. The van der Waals surface area contributed by atoms with Gasteiger partial charge < -0.3 is 15.2 Å². The molecule has 1 fully saturated rings. The third kappa shape index (κ3) is 3.01. The second-order valence-corrected chi connectivity index (χ2v) is 4.62. The summed E-state index contributed by atoms with van der Waals surface area (Å²) in [6, 6.07) is 5.81. The molecule has 1 aliphatic rings. The molecule has 0 heterocycles. The van der Waals surface area contributed by atoms with Crippen LogP contribution in [-0.4, -0.2) is 29.8 Å². The van der Waals surface area contributed by atoms with E-state index in [1.54, 1.807) is 6.07 Å². The summed E-state index contributed by atoms with van der Waals surface area (Å²) in [6.45, 7) is -3.14. The van der Waals surface area contributed by atoms with Crippen LogP contribution in [0.4, 0.5) is 8.78 Å². The SMILES string of the molecule is O=C(NC1(CO)CCC1)c1ccccc1OC(F)F. The minimum absolute atomic E-state index is 0.0440. The van der Waals surface area contributed by atoms with Crippen LogP contribution in [0, 0.1) is 0 Å². The molecule has 4 nitrogen and oxygen atoms in total. The molecule has 19 heavy (non-hydrogen) atoms. The van der Waals surface area contributed by atoms with E-state index in [1.807, 2.05) is 0 Å². The standard InChI is InChI=1S/C13H15F2NO3/c14-12(15)19-10-5-2-1-4-9(10)11(18)16-13(8-17)6-3-7-13/h1-2,4-5,12,17H,3,6-8H2,(H,16,18). The van der Waals surface area contributed by atoms with Crippen molar-refractivity contribution in [3.63, 3.8) is 0 Å². The van der Waals surface area contributed by atoms with Gasteiger partial charge in [0.1, 0.15) is 5.75 Å². The molecule has 0 aliphatic heterocycles. The minimum Gasteiger partial charge on any atom is -0.434 e. The van der Waals surface area contributed by atoms with E-state index in [9.17, 15) is 18.7 Å². The smallest absolute Gasteiger partial charge is 0.387 e. The van der Waals surface area contributed by atoms with Gasteiger partial charge in [0, 0.05) is 0 Å². The lowest BCUT2D eigenvalue weighted by Crippen LogP contribution is -2.56. The Morgan fingerprint density at radius 2 is 2.11 bits per heavy atom. The minimum atomic E-state index is -2.98. The molecule has 1 aromatic rings.